The Balaban J connectivity index is 1.89. The van der Waals surface area contributed by atoms with Crippen LogP contribution in [0.3, 0.4) is 0 Å². The first-order valence-corrected chi connectivity index (χ1v) is 9.59. The summed E-state index contributed by atoms with van der Waals surface area (Å²) in [5.74, 6) is -0.0772. The molecule has 1 fully saturated rings. The van der Waals surface area contributed by atoms with E-state index in [2.05, 4.69) is 21.8 Å². The normalized spacial score (nSPS) is 17.3. The highest BCUT2D eigenvalue weighted by molar-refractivity contribution is 8.18. The Morgan fingerprint density at radius 1 is 1.27 bits per heavy atom. The van der Waals surface area contributed by atoms with Gasteiger partial charge in [0, 0.05) is 26.3 Å². The van der Waals surface area contributed by atoms with E-state index in [9.17, 15) is 4.79 Å². The van der Waals surface area contributed by atoms with Gasteiger partial charge in [0.25, 0.3) is 5.91 Å². The van der Waals surface area contributed by atoms with E-state index in [-0.39, 0.29) is 5.91 Å². The molecule has 1 aliphatic heterocycles. The third-order valence-corrected chi connectivity index (χ3v) is 5.35. The zero-order valence-electron chi connectivity index (χ0n) is 14.8. The number of amidine groups is 1. The second-order valence-electron chi connectivity index (χ2n) is 5.80. The molecule has 0 radical (unpaired) electrons. The summed E-state index contributed by atoms with van der Waals surface area (Å²) in [7, 11) is 3.99. The predicted octanol–water partition coefficient (Wildman–Crippen LogP) is 3.70. The van der Waals surface area contributed by atoms with Crippen LogP contribution in [0.1, 0.15) is 10.6 Å². The number of thioether (sulfide) groups is 1. The molecule has 8 heteroatoms. The lowest BCUT2D eigenvalue weighted by Crippen LogP contribution is -2.29. The minimum Gasteiger partial charge on any atom is -0.378 e. The van der Waals surface area contributed by atoms with Crippen LogP contribution in [0.15, 0.2) is 46.8 Å². The minimum atomic E-state index is -0.0772. The molecule has 0 bridgehead atoms. The quantitative estimate of drug-likeness (QED) is 0.580. The standard InChI is InChI=1S/C18H19N5OS2/c1-5-10-23-16(24)15(11-13-6-8-14(9-7-13)22(3)4)26-18(23)19-17-21-20-12(2)25-17/h5-9,11H,1,10H2,2-4H3/b15-11-,19-18+. The molecule has 0 N–H and O–H groups in total. The summed E-state index contributed by atoms with van der Waals surface area (Å²) in [5.41, 5.74) is 2.08. The number of carbonyl (C=O) groups is 1. The first-order valence-electron chi connectivity index (χ1n) is 7.96. The highest BCUT2D eigenvalue weighted by Crippen LogP contribution is 2.34. The highest BCUT2D eigenvalue weighted by atomic mass is 32.2. The molecule has 1 aliphatic rings. The summed E-state index contributed by atoms with van der Waals surface area (Å²) in [6, 6.07) is 8.04. The first-order chi connectivity index (χ1) is 12.5. The van der Waals surface area contributed by atoms with Crippen molar-refractivity contribution < 1.29 is 4.79 Å². The number of amides is 1. The maximum Gasteiger partial charge on any atom is 0.267 e. The van der Waals surface area contributed by atoms with Gasteiger partial charge in [-0.3, -0.25) is 9.69 Å². The Morgan fingerprint density at radius 3 is 2.58 bits per heavy atom. The van der Waals surface area contributed by atoms with Crippen molar-refractivity contribution in [2.24, 2.45) is 4.99 Å². The molecule has 1 saturated heterocycles. The highest BCUT2D eigenvalue weighted by Gasteiger charge is 2.32. The van der Waals surface area contributed by atoms with Crippen molar-refractivity contribution in [1.29, 1.82) is 0 Å². The SMILES string of the molecule is C=CCN1C(=O)/C(=C/c2ccc(N(C)C)cc2)S/C1=N/c1nnc(C)s1. The topological polar surface area (TPSA) is 61.7 Å². The molecule has 0 spiro atoms. The molecule has 0 atom stereocenters. The lowest BCUT2D eigenvalue weighted by molar-refractivity contribution is -0.121. The molecule has 3 rings (SSSR count). The molecular formula is C18H19N5OS2. The van der Waals surface area contributed by atoms with Crippen molar-refractivity contribution in [1.82, 2.24) is 15.1 Å². The summed E-state index contributed by atoms with van der Waals surface area (Å²) in [5, 5.41) is 9.96. The van der Waals surface area contributed by atoms with Crippen LogP contribution in [0.25, 0.3) is 6.08 Å². The Labute approximate surface area is 161 Å². The van der Waals surface area contributed by atoms with Crippen LogP contribution in [0.2, 0.25) is 0 Å². The average molecular weight is 386 g/mol. The fraction of sp³-hybridized carbons (Fsp3) is 0.222. The summed E-state index contributed by atoms with van der Waals surface area (Å²) in [4.78, 5) is 21.5. The maximum absolute atomic E-state index is 12.7. The van der Waals surface area contributed by atoms with Crippen molar-refractivity contribution in [2.45, 2.75) is 6.92 Å². The van der Waals surface area contributed by atoms with Gasteiger partial charge < -0.3 is 4.90 Å². The van der Waals surface area contributed by atoms with Crippen LogP contribution in [0, 0.1) is 6.92 Å². The Hall–Kier alpha value is -2.45. The number of hydrogen-bond donors (Lipinski definition) is 0. The molecular weight excluding hydrogens is 366 g/mol. The molecule has 26 heavy (non-hydrogen) atoms. The van der Waals surface area contributed by atoms with E-state index in [1.165, 1.54) is 23.1 Å². The lowest BCUT2D eigenvalue weighted by Gasteiger charge is -2.12. The number of aliphatic imine (C=N–C) groups is 1. The van der Waals surface area contributed by atoms with Crippen LogP contribution < -0.4 is 4.90 Å². The van der Waals surface area contributed by atoms with E-state index in [1.54, 1.807) is 11.0 Å². The second kappa shape index (κ2) is 7.84. The molecule has 0 aliphatic carbocycles. The van der Waals surface area contributed by atoms with Crippen molar-refractivity contribution in [3.63, 3.8) is 0 Å². The zero-order chi connectivity index (χ0) is 18.7. The molecule has 2 aromatic rings. The first kappa shape index (κ1) is 18.3. The van der Waals surface area contributed by atoms with E-state index in [1.807, 2.05) is 56.3 Å². The van der Waals surface area contributed by atoms with Crippen molar-refractivity contribution in [3.05, 3.63) is 52.4 Å². The van der Waals surface area contributed by atoms with Crippen LogP contribution in [-0.2, 0) is 4.79 Å². The molecule has 2 heterocycles. The van der Waals surface area contributed by atoms with Gasteiger partial charge in [-0.05, 0) is 42.5 Å². The second-order valence-corrected chi connectivity index (χ2v) is 7.97. The van der Waals surface area contributed by atoms with Gasteiger partial charge in [-0.2, -0.15) is 4.99 Å². The molecule has 1 aromatic carbocycles. The maximum atomic E-state index is 12.7. The zero-order valence-corrected chi connectivity index (χ0v) is 16.5. The predicted molar refractivity (Wildman–Crippen MR) is 110 cm³/mol. The van der Waals surface area contributed by atoms with E-state index >= 15 is 0 Å². The minimum absolute atomic E-state index is 0.0772. The molecule has 0 unspecified atom stereocenters. The van der Waals surface area contributed by atoms with Crippen LogP contribution in [0.4, 0.5) is 10.8 Å². The van der Waals surface area contributed by atoms with Crippen LogP contribution >= 0.6 is 23.1 Å². The fourth-order valence-electron chi connectivity index (χ4n) is 2.31. The summed E-state index contributed by atoms with van der Waals surface area (Å²) in [6.45, 7) is 6.01. The number of carbonyl (C=O) groups excluding carboxylic acids is 1. The lowest BCUT2D eigenvalue weighted by atomic mass is 10.2. The summed E-state index contributed by atoms with van der Waals surface area (Å²) < 4.78 is 0. The summed E-state index contributed by atoms with van der Waals surface area (Å²) >= 11 is 2.74. The smallest absolute Gasteiger partial charge is 0.267 e. The largest absolute Gasteiger partial charge is 0.378 e. The van der Waals surface area contributed by atoms with Gasteiger partial charge in [0.05, 0.1) is 4.91 Å². The van der Waals surface area contributed by atoms with Gasteiger partial charge in [0.15, 0.2) is 5.17 Å². The van der Waals surface area contributed by atoms with Crippen molar-refractivity contribution in [3.8, 4) is 0 Å². The van der Waals surface area contributed by atoms with E-state index in [4.69, 9.17) is 0 Å². The number of anilines is 1. The van der Waals surface area contributed by atoms with E-state index < -0.39 is 0 Å². The Kier molecular flexibility index (Phi) is 5.53. The van der Waals surface area contributed by atoms with Crippen LogP contribution in [-0.4, -0.2) is 46.8 Å². The van der Waals surface area contributed by atoms with Gasteiger partial charge >= 0.3 is 0 Å². The van der Waals surface area contributed by atoms with E-state index in [0.717, 1.165) is 16.3 Å². The molecule has 1 aromatic heterocycles. The summed E-state index contributed by atoms with van der Waals surface area (Å²) in [6.07, 6.45) is 3.57. The van der Waals surface area contributed by atoms with Gasteiger partial charge in [0.1, 0.15) is 5.01 Å². The number of rotatable bonds is 5. The van der Waals surface area contributed by atoms with Crippen molar-refractivity contribution >= 4 is 51.1 Å². The van der Waals surface area contributed by atoms with Gasteiger partial charge in [0.2, 0.25) is 5.13 Å². The number of aromatic nitrogens is 2. The number of benzene rings is 1. The molecule has 134 valence electrons. The molecule has 6 nitrogen and oxygen atoms in total. The fourth-order valence-corrected chi connectivity index (χ4v) is 3.92. The monoisotopic (exact) mass is 385 g/mol. The van der Waals surface area contributed by atoms with Gasteiger partial charge in [-0.15, -0.1) is 16.8 Å². The molecule has 1 amide bonds. The number of nitrogens with zero attached hydrogens (tertiary/aromatic N) is 5. The van der Waals surface area contributed by atoms with Gasteiger partial charge in [-0.25, -0.2) is 0 Å². The number of hydrogen-bond acceptors (Lipinski definition) is 7. The Morgan fingerprint density at radius 2 is 2.00 bits per heavy atom. The molecule has 0 saturated carbocycles. The Bertz CT molecular complexity index is 883. The van der Waals surface area contributed by atoms with Crippen LogP contribution in [0.5, 0.6) is 0 Å². The van der Waals surface area contributed by atoms with Gasteiger partial charge in [-0.1, -0.05) is 29.5 Å². The van der Waals surface area contributed by atoms with E-state index in [0.29, 0.717) is 21.7 Å². The number of aryl methyl sites for hydroxylation is 1. The van der Waals surface area contributed by atoms with Crippen molar-refractivity contribution in [2.75, 3.05) is 25.5 Å². The third-order valence-electron chi connectivity index (χ3n) is 3.61. The third kappa shape index (κ3) is 4.03. The average Bonchev–Trinajstić information content (AvgIpc) is 3.14.